The Balaban J connectivity index is 2.35. The molecule has 0 saturated carbocycles. The normalized spacial score (nSPS) is 11.4. The predicted molar refractivity (Wildman–Crippen MR) is 97.9 cm³/mol. The Morgan fingerprint density at radius 1 is 1.16 bits per heavy atom. The second-order valence-corrected chi connectivity index (χ2v) is 7.69. The van der Waals surface area contributed by atoms with Crippen molar-refractivity contribution in [2.24, 2.45) is 0 Å². The molecule has 0 heterocycles. The van der Waals surface area contributed by atoms with Gasteiger partial charge in [-0.15, -0.1) is 0 Å². The van der Waals surface area contributed by atoms with E-state index in [4.69, 9.17) is 16.3 Å². The Morgan fingerprint density at radius 2 is 1.84 bits per heavy atom. The third-order valence-electron chi connectivity index (χ3n) is 3.24. The van der Waals surface area contributed by atoms with Gasteiger partial charge in [0.05, 0.1) is 28.3 Å². The molecular formula is C17H19ClN2O4S. The summed E-state index contributed by atoms with van der Waals surface area (Å²) < 4.78 is 32.2. The maximum Gasteiger partial charge on any atom is 0.257 e. The number of nitrogens with one attached hydrogen (secondary N) is 2. The van der Waals surface area contributed by atoms with Crippen molar-refractivity contribution in [3.8, 4) is 5.75 Å². The van der Waals surface area contributed by atoms with Crippen LogP contribution in [-0.2, 0) is 10.0 Å². The van der Waals surface area contributed by atoms with Crippen LogP contribution in [0.3, 0.4) is 0 Å². The summed E-state index contributed by atoms with van der Waals surface area (Å²) in [5, 5.41) is 2.82. The summed E-state index contributed by atoms with van der Waals surface area (Å²) in [6.45, 7) is 3.42. The second-order valence-electron chi connectivity index (χ2n) is 5.57. The van der Waals surface area contributed by atoms with Crippen LogP contribution in [0.25, 0.3) is 0 Å². The van der Waals surface area contributed by atoms with Crippen LogP contribution in [0.5, 0.6) is 5.75 Å². The zero-order chi connectivity index (χ0) is 18.6. The van der Waals surface area contributed by atoms with Crippen LogP contribution in [0.2, 0.25) is 5.02 Å². The number of para-hydroxylation sites is 2. The topological polar surface area (TPSA) is 84.5 Å². The average molecular weight is 383 g/mol. The van der Waals surface area contributed by atoms with Gasteiger partial charge < -0.3 is 10.1 Å². The number of ether oxygens (including phenoxy) is 1. The molecule has 0 aliphatic carbocycles. The first-order chi connectivity index (χ1) is 11.7. The molecule has 25 heavy (non-hydrogen) atoms. The van der Waals surface area contributed by atoms with Gasteiger partial charge in [0.25, 0.3) is 5.91 Å². The molecule has 2 aromatic rings. The number of benzene rings is 2. The number of rotatable bonds is 6. The van der Waals surface area contributed by atoms with Gasteiger partial charge in [0.2, 0.25) is 10.0 Å². The number of carbonyl (C=O) groups is 1. The molecule has 0 saturated heterocycles. The van der Waals surface area contributed by atoms with E-state index in [-0.39, 0.29) is 21.5 Å². The molecule has 8 heteroatoms. The third kappa shape index (κ3) is 4.72. The van der Waals surface area contributed by atoms with Crippen molar-refractivity contribution in [2.75, 3.05) is 12.4 Å². The number of sulfonamides is 1. The van der Waals surface area contributed by atoms with E-state index in [0.717, 1.165) is 0 Å². The Kier molecular flexibility index (Phi) is 6.05. The van der Waals surface area contributed by atoms with Crippen LogP contribution in [-0.4, -0.2) is 27.5 Å². The van der Waals surface area contributed by atoms with Crippen molar-refractivity contribution < 1.29 is 17.9 Å². The quantitative estimate of drug-likeness (QED) is 0.802. The molecule has 2 N–H and O–H groups in total. The number of hydrogen-bond acceptors (Lipinski definition) is 4. The van der Waals surface area contributed by atoms with Crippen LogP contribution in [0.1, 0.15) is 24.2 Å². The average Bonchev–Trinajstić information content (AvgIpc) is 2.54. The molecule has 0 aliphatic rings. The Hall–Kier alpha value is -2.09. The minimum absolute atomic E-state index is 0.0317. The highest BCUT2D eigenvalue weighted by Crippen LogP contribution is 2.26. The van der Waals surface area contributed by atoms with Gasteiger partial charge in [0, 0.05) is 6.04 Å². The molecule has 0 aromatic heterocycles. The molecule has 0 bridgehead atoms. The van der Waals surface area contributed by atoms with E-state index >= 15 is 0 Å². The molecule has 6 nitrogen and oxygen atoms in total. The van der Waals surface area contributed by atoms with E-state index in [0.29, 0.717) is 11.4 Å². The number of methoxy groups -OCH3 is 1. The summed E-state index contributed by atoms with van der Waals surface area (Å²) >= 11 is 6.08. The maximum atomic E-state index is 12.5. The standard InChI is InChI=1S/C17H19ClN2O4S/c1-11(2)20-25(22,23)12-8-9-14(18)13(10-12)17(21)19-15-6-4-5-7-16(15)24-3/h4-11,20H,1-3H3,(H,19,21). The molecule has 2 aromatic carbocycles. The number of halogens is 1. The molecule has 1 amide bonds. The largest absolute Gasteiger partial charge is 0.495 e. The first kappa shape index (κ1) is 19.2. The fourth-order valence-corrected chi connectivity index (χ4v) is 3.64. The SMILES string of the molecule is COc1ccccc1NC(=O)c1cc(S(=O)(=O)NC(C)C)ccc1Cl. The van der Waals surface area contributed by atoms with Crippen LogP contribution in [0, 0.1) is 0 Å². The van der Waals surface area contributed by atoms with Crippen molar-refractivity contribution in [1.29, 1.82) is 0 Å². The van der Waals surface area contributed by atoms with Crippen LogP contribution < -0.4 is 14.8 Å². The van der Waals surface area contributed by atoms with Crippen molar-refractivity contribution in [2.45, 2.75) is 24.8 Å². The van der Waals surface area contributed by atoms with Gasteiger partial charge >= 0.3 is 0 Å². The Labute approximate surface area is 152 Å². The minimum atomic E-state index is -3.73. The molecule has 0 atom stereocenters. The van der Waals surface area contributed by atoms with Gasteiger partial charge in [-0.2, -0.15) is 0 Å². The summed E-state index contributed by atoms with van der Waals surface area (Å²) in [4.78, 5) is 12.5. The first-order valence-corrected chi connectivity index (χ1v) is 9.37. The van der Waals surface area contributed by atoms with Gasteiger partial charge in [-0.3, -0.25) is 4.79 Å². The van der Waals surface area contributed by atoms with Gasteiger partial charge in [-0.05, 0) is 44.2 Å². The Morgan fingerprint density at radius 3 is 2.48 bits per heavy atom. The highest BCUT2D eigenvalue weighted by Gasteiger charge is 2.20. The van der Waals surface area contributed by atoms with Crippen LogP contribution >= 0.6 is 11.6 Å². The van der Waals surface area contributed by atoms with Gasteiger partial charge in [0.15, 0.2) is 0 Å². The summed E-state index contributed by atoms with van der Waals surface area (Å²) in [5.74, 6) is -0.0479. The fourth-order valence-electron chi connectivity index (χ4n) is 2.16. The summed E-state index contributed by atoms with van der Waals surface area (Å²) in [5.41, 5.74) is 0.513. The Bertz CT molecular complexity index is 882. The molecular weight excluding hydrogens is 364 g/mol. The van der Waals surface area contributed by atoms with E-state index in [1.165, 1.54) is 25.3 Å². The van der Waals surface area contributed by atoms with Gasteiger partial charge in [-0.1, -0.05) is 23.7 Å². The smallest absolute Gasteiger partial charge is 0.257 e. The number of carbonyl (C=O) groups excluding carboxylic acids is 1. The molecule has 0 spiro atoms. The summed E-state index contributed by atoms with van der Waals surface area (Å²) in [6.07, 6.45) is 0. The zero-order valence-electron chi connectivity index (χ0n) is 14.0. The van der Waals surface area contributed by atoms with Crippen LogP contribution in [0.4, 0.5) is 5.69 Å². The van der Waals surface area contributed by atoms with E-state index in [2.05, 4.69) is 10.0 Å². The first-order valence-electron chi connectivity index (χ1n) is 7.51. The van der Waals surface area contributed by atoms with Gasteiger partial charge in [-0.25, -0.2) is 13.1 Å². The summed E-state index contributed by atoms with van der Waals surface area (Å²) in [6, 6.07) is 10.6. The van der Waals surface area contributed by atoms with Crippen molar-refractivity contribution in [1.82, 2.24) is 4.72 Å². The van der Waals surface area contributed by atoms with Crippen molar-refractivity contribution in [3.63, 3.8) is 0 Å². The van der Waals surface area contributed by atoms with Crippen LogP contribution in [0.15, 0.2) is 47.4 Å². The van der Waals surface area contributed by atoms with Crippen molar-refractivity contribution >= 4 is 33.2 Å². The monoisotopic (exact) mass is 382 g/mol. The molecule has 2 rings (SSSR count). The maximum absolute atomic E-state index is 12.5. The molecule has 0 aliphatic heterocycles. The molecule has 0 radical (unpaired) electrons. The number of anilines is 1. The number of amides is 1. The lowest BCUT2D eigenvalue weighted by Crippen LogP contribution is -2.30. The van der Waals surface area contributed by atoms with Gasteiger partial charge in [0.1, 0.15) is 5.75 Å². The molecule has 134 valence electrons. The minimum Gasteiger partial charge on any atom is -0.495 e. The second kappa shape index (κ2) is 7.86. The zero-order valence-corrected chi connectivity index (χ0v) is 15.6. The lowest BCUT2D eigenvalue weighted by atomic mass is 10.2. The lowest BCUT2D eigenvalue weighted by Gasteiger charge is -2.13. The van der Waals surface area contributed by atoms with E-state index in [1.807, 2.05) is 0 Å². The molecule has 0 fully saturated rings. The lowest BCUT2D eigenvalue weighted by molar-refractivity contribution is 0.102. The highest BCUT2D eigenvalue weighted by atomic mass is 35.5. The summed E-state index contributed by atoms with van der Waals surface area (Å²) in [7, 11) is -2.24. The van der Waals surface area contributed by atoms with E-state index in [1.54, 1.807) is 38.1 Å². The number of hydrogen-bond donors (Lipinski definition) is 2. The van der Waals surface area contributed by atoms with E-state index in [9.17, 15) is 13.2 Å². The van der Waals surface area contributed by atoms with E-state index < -0.39 is 15.9 Å². The predicted octanol–water partition coefficient (Wildman–Crippen LogP) is 3.29. The fraction of sp³-hybridized carbons (Fsp3) is 0.235. The molecule has 0 unspecified atom stereocenters. The van der Waals surface area contributed by atoms with Crippen molar-refractivity contribution in [3.05, 3.63) is 53.1 Å². The highest BCUT2D eigenvalue weighted by molar-refractivity contribution is 7.89. The third-order valence-corrected chi connectivity index (χ3v) is 5.22.